The molecule has 0 aliphatic carbocycles. The van der Waals surface area contributed by atoms with Crippen LogP contribution in [0.4, 0.5) is 5.69 Å². The Hall–Kier alpha value is -3.10. The molecular formula is C17H11ClN4O. The Morgan fingerprint density at radius 2 is 1.91 bits per heavy atom. The Bertz CT molecular complexity index is 935. The van der Waals surface area contributed by atoms with Gasteiger partial charge in [0.05, 0.1) is 11.3 Å². The lowest BCUT2D eigenvalue weighted by Gasteiger charge is -2.01. The molecule has 3 rings (SSSR count). The fraction of sp³-hybridized carbons (Fsp3) is 0. The molecule has 0 radical (unpaired) electrons. The lowest BCUT2D eigenvalue weighted by molar-refractivity contribution is 0.106. The molecular weight excluding hydrogens is 312 g/mol. The zero-order valence-corrected chi connectivity index (χ0v) is 12.6. The Balaban J connectivity index is 1.88. The fourth-order valence-electron chi connectivity index (χ4n) is 2.16. The highest BCUT2D eigenvalue weighted by Gasteiger charge is 2.18. The molecule has 2 aromatic carbocycles. The number of ketones is 1. The van der Waals surface area contributed by atoms with Crippen LogP contribution in [0.1, 0.15) is 10.4 Å². The van der Waals surface area contributed by atoms with E-state index in [-0.39, 0.29) is 5.71 Å². The number of carbonyl (C=O) groups excluding carboxylic acids is 1. The fourth-order valence-corrected chi connectivity index (χ4v) is 2.28. The normalized spacial score (nSPS) is 11.2. The highest BCUT2D eigenvalue weighted by molar-refractivity contribution is 6.52. The van der Waals surface area contributed by atoms with Crippen molar-refractivity contribution < 1.29 is 4.79 Å². The summed E-state index contributed by atoms with van der Waals surface area (Å²) >= 11 is 5.80. The minimum absolute atomic E-state index is 0.218. The number of nitrogens with one attached hydrogen (secondary N) is 2. The number of carbonyl (C=O) groups is 1. The number of nitrogens with zero attached hydrogens (tertiary/aromatic N) is 2. The van der Waals surface area contributed by atoms with E-state index in [1.165, 1.54) is 0 Å². The first-order valence-electron chi connectivity index (χ1n) is 6.79. The number of fused-ring (bicyclic) bond motifs is 1. The van der Waals surface area contributed by atoms with Crippen LogP contribution in [0.15, 0.2) is 59.8 Å². The number of halogens is 1. The van der Waals surface area contributed by atoms with Gasteiger partial charge in [-0.05, 0) is 30.3 Å². The monoisotopic (exact) mass is 322 g/mol. The van der Waals surface area contributed by atoms with E-state index in [0.29, 0.717) is 16.3 Å². The Morgan fingerprint density at radius 3 is 2.65 bits per heavy atom. The molecule has 0 amide bonds. The van der Waals surface area contributed by atoms with Crippen LogP contribution in [0, 0.1) is 11.3 Å². The smallest absolute Gasteiger partial charge is 0.226 e. The van der Waals surface area contributed by atoms with Gasteiger partial charge in [-0.2, -0.15) is 10.4 Å². The molecule has 0 aliphatic rings. The third-order valence-corrected chi connectivity index (χ3v) is 3.55. The molecule has 2 N–H and O–H groups in total. The number of nitriles is 1. The summed E-state index contributed by atoms with van der Waals surface area (Å²) in [6.07, 6.45) is 1.59. The highest BCUT2D eigenvalue weighted by atomic mass is 35.5. The summed E-state index contributed by atoms with van der Waals surface area (Å²) in [6, 6.07) is 16.0. The standard InChI is InChI=1S/C17H11ClN4O/c18-11-5-7-12(8-6-11)21-22-16(9-19)17(23)14-10-20-15-4-2-1-3-13(14)15/h1-8,10,20-21H/b22-16+. The largest absolute Gasteiger partial charge is 0.360 e. The lowest BCUT2D eigenvalue weighted by atomic mass is 10.1. The second-order valence-corrected chi connectivity index (χ2v) is 5.20. The molecule has 23 heavy (non-hydrogen) atoms. The van der Waals surface area contributed by atoms with Crippen LogP contribution in [0.2, 0.25) is 5.02 Å². The molecule has 0 unspecified atom stereocenters. The molecule has 5 nitrogen and oxygen atoms in total. The minimum Gasteiger partial charge on any atom is -0.360 e. The topological polar surface area (TPSA) is 81.0 Å². The zero-order chi connectivity index (χ0) is 16.2. The van der Waals surface area contributed by atoms with Crippen molar-refractivity contribution in [2.45, 2.75) is 0 Å². The van der Waals surface area contributed by atoms with Crippen molar-refractivity contribution in [1.29, 1.82) is 5.26 Å². The maximum atomic E-state index is 12.5. The molecule has 0 spiro atoms. The summed E-state index contributed by atoms with van der Waals surface area (Å²) < 4.78 is 0. The van der Waals surface area contributed by atoms with Gasteiger partial charge in [-0.25, -0.2) is 0 Å². The van der Waals surface area contributed by atoms with Crippen molar-refractivity contribution in [3.8, 4) is 6.07 Å². The number of hydrogen-bond acceptors (Lipinski definition) is 4. The molecule has 1 heterocycles. The molecule has 0 saturated heterocycles. The van der Waals surface area contributed by atoms with Gasteiger partial charge >= 0.3 is 0 Å². The van der Waals surface area contributed by atoms with E-state index >= 15 is 0 Å². The average Bonchev–Trinajstić information content (AvgIpc) is 3.01. The maximum absolute atomic E-state index is 12.5. The molecule has 0 fully saturated rings. The SMILES string of the molecule is N#C/C(=N\Nc1ccc(Cl)cc1)C(=O)c1c[nH]c2ccccc12. The van der Waals surface area contributed by atoms with Gasteiger partial charge in [-0.15, -0.1) is 0 Å². The minimum atomic E-state index is -0.439. The van der Waals surface area contributed by atoms with E-state index in [4.69, 9.17) is 11.6 Å². The predicted octanol–water partition coefficient (Wildman–Crippen LogP) is 4.00. The average molecular weight is 323 g/mol. The van der Waals surface area contributed by atoms with Gasteiger partial charge in [0, 0.05) is 22.1 Å². The Labute approximate surface area is 137 Å². The van der Waals surface area contributed by atoms with Gasteiger partial charge in [-0.1, -0.05) is 29.8 Å². The van der Waals surface area contributed by atoms with Gasteiger partial charge in [-0.3, -0.25) is 10.2 Å². The summed E-state index contributed by atoms with van der Waals surface area (Å²) in [6.45, 7) is 0. The van der Waals surface area contributed by atoms with Crippen molar-refractivity contribution >= 4 is 39.7 Å². The molecule has 0 bridgehead atoms. The molecule has 3 aromatic rings. The van der Waals surface area contributed by atoms with Gasteiger partial charge in [0.2, 0.25) is 11.5 Å². The number of benzene rings is 2. The molecule has 0 aliphatic heterocycles. The first kappa shape index (κ1) is 14.8. The van der Waals surface area contributed by atoms with Crippen LogP contribution in [0.5, 0.6) is 0 Å². The van der Waals surface area contributed by atoms with Crippen molar-refractivity contribution in [3.05, 3.63) is 65.3 Å². The second kappa shape index (κ2) is 6.34. The Kier molecular flexibility index (Phi) is 4.09. The van der Waals surface area contributed by atoms with E-state index in [0.717, 1.165) is 10.9 Å². The van der Waals surface area contributed by atoms with Crippen LogP contribution >= 0.6 is 11.6 Å². The molecule has 1 aromatic heterocycles. The quantitative estimate of drug-likeness (QED) is 0.433. The van der Waals surface area contributed by atoms with Gasteiger partial charge in [0.25, 0.3) is 0 Å². The molecule has 0 atom stereocenters. The highest BCUT2D eigenvalue weighted by Crippen LogP contribution is 2.19. The van der Waals surface area contributed by atoms with E-state index in [1.54, 1.807) is 30.5 Å². The number of rotatable bonds is 4. The molecule has 112 valence electrons. The number of para-hydroxylation sites is 1. The Morgan fingerprint density at radius 1 is 1.17 bits per heavy atom. The molecule has 6 heteroatoms. The van der Waals surface area contributed by atoms with Crippen LogP contribution in [-0.4, -0.2) is 16.5 Å². The number of hydrazone groups is 1. The summed E-state index contributed by atoms with van der Waals surface area (Å²) in [7, 11) is 0. The first-order valence-corrected chi connectivity index (χ1v) is 7.17. The van der Waals surface area contributed by atoms with Crippen LogP contribution in [0.25, 0.3) is 10.9 Å². The number of Topliss-reactive ketones (excluding diaryl/α,β-unsaturated/α-hetero) is 1. The van der Waals surface area contributed by atoms with Crippen LogP contribution in [0.3, 0.4) is 0 Å². The molecule has 0 saturated carbocycles. The van der Waals surface area contributed by atoms with Crippen molar-refractivity contribution in [1.82, 2.24) is 4.98 Å². The summed E-state index contributed by atoms with van der Waals surface area (Å²) in [5.74, 6) is -0.439. The van der Waals surface area contributed by atoms with Crippen molar-refractivity contribution in [2.75, 3.05) is 5.43 Å². The van der Waals surface area contributed by atoms with Crippen LogP contribution < -0.4 is 5.43 Å². The second-order valence-electron chi connectivity index (χ2n) is 4.77. The summed E-state index contributed by atoms with van der Waals surface area (Å²) in [5.41, 5.74) is 4.35. The van der Waals surface area contributed by atoms with E-state index in [2.05, 4.69) is 15.5 Å². The third-order valence-electron chi connectivity index (χ3n) is 3.30. The van der Waals surface area contributed by atoms with Gasteiger partial charge < -0.3 is 4.98 Å². The van der Waals surface area contributed by atoms with Crippen molar-refractivity contribution in [3.63, 3.8) is 0 Å². The van der Waals surface area contributed by atoms with E-state index in [9.17, 15) is 10.1 Å². The summed E-state index contributed by atoms with van der Waals surface area (Å²) in [5, 5.41) is 14.5. The number of hydrogen-bond donors (Lipinski definition) is 2. The number of aromatic nitrogens is 1. The third kappa shape index (κ3) is 3.07. The van der Waals surface area contributed by atoms with Gasteiger partial charge in [0.1, 0.15) is 6.07 Å². The maximum Gasteiger partial charge on any atom is 0.226 e. The lowest BCUT2D eigenvalue weighted by Crippen LogP contribution is -2.13. The van der Waals surface area contributed by atoms with Crippen molar-refractivity contribution in [2.24, 2.45) is 5.10 Å². The van der Waals surface area contributed by atoms with E-state index in [1.807, 2.05) is 30.3 Å². The number of aromatic amines is 1. The van der Waals surface area contributed by atoms with E-state index < -0.39 is 5.78 Å². The number of H-pyrrole nitrogens is 1. The van der Waals surface area contributed by atoms with Crippen LogP contribution in [-0.2, 0) is 0 Å². The number of anilines is 1. The first-order chi connectivity index (χ1) is 11.2. The zero-order valence-electron chi connectivity index (χ0n) is 11.9. The summed E-state index contributed by atoms with van der Waals surface area (Å²) in [4.78, 5) is 15.5. The predicted molar refractivity (Wildman–Crippen MR) is 90.8 cm³/mol. The van der Waals surface area contributed by atoms with Gasteiger partial charge in [0.15, 0.2) is 0 Å².